The van der Waals surface area contributed by atoms with Crippen molar-refractivity contribution in [3.63, 3.8) is 0 Å². The van der Waals surface area contributed by atoms with Crippen molar-refractivity contribution in [2.75, 3.05) is 19.0 Å². The molecule has 2 rings (SSSR count). The van der Waals surface area contributed by atoms with Gasteiger partial charge in [0.1, 0.15) is 5.75 Å². The van der Waals surface area contributed by atoms with Gasteiger partial charge in [0.15, 0.2) is 0 Å². The third-order valence-electron chi connectivity index (χ3n) is 3.36. The van der Waals surface area contributed by atoms with Gasteiger partial charge >= 0.3 is 0 Å². The Balaban J connectivity index is 2.33. The fourth-order valence-electron chi connectivity index (χ4n) is 2.10. The van der Waals surface area contributed by atoms with Crippen molar-refractivity contribution < 1.29 is 17.9 Å². The van der Waals surface area contributed by atoms with Crippen LogP contribution in [0.4, 0.5) is 5.69 Å². The highest BCUT2D eigenvalue weighted by Crippen LogP contribution is 2.28. The third-order valence-corrected chi connectivity index (χ3v) is 5.05. The van der Waals surface area contributed by atoms with E-state index in [2.05, 4.69) is 10.0 Å². The number of ether oxygens (including phenoxy) is 1. The van der Waals surface area contributed by atoms with Gasteiger partial charge in [0.25, 0.3) is 5.91 Å². The van der Waals surface area contributed by atoms with Crippen LogP contribution in [0.2, 0.25) is 5.02 Å². The molecule has 0 saturated carbocycles. The van der Waals surface area contributed by atoms with E-state index in [1.165, 1.54) is 31.4 Å². The lowest BCUT2D eigenvalue weighted by atomic mass is 10.2. The van der Waals surface area contributed by atoms with Crippen molar-refractivity contribution in [1.29, 1.82) is 0 Å². The highest BCUT2D eigenvalue weighted by Gasteiger charge is 2.17. The Morgan fingerprint density at radius 2 is 1.96 bits per heavy atom. The maximum Gasteiger partial charge on any atom is 0.255 e. The molecule has 2 aromatic carbocycles. The fraction of sp³-hybridized carbons (Fsp3) is 0.235. The van der Waals surface area contributed by atoms with E-state index in [-0.39, 0.29) is 10.6 Å². The first-order valence-electron chi connectivity index (χ1n) is 7.62. The lowest BCUT2D eigenvalue weighted by molar-refractivity contribution is 0.102. The summed E-state index contributed by atoms with van der Waals surface area (Å²) in [5.74, 6) is -0.0679. The Labute approximate surface area is 152 Å². The number of hydrogen-bond donors (Lipinski definition) is 2. The molecule has 2 N–H and O–H groups in total. The molecule has 0 heterocycles. The number of halogens is 1. The topological polar surface area (TPSA) is 84.5 Å². The molecule has 134 valence electrons. The van der Waals surface area contributed by atoms with Crippen LogP contribution < -0.4 is 14.8 Å². The number of amides is 1. The molecular weight excluding hydrogens is 364 g/mol. The molecule has 0 spiro atoms. The molecule has 25 heavy (non-hydrogen) atoms. The standard InChI is InChI=1S/C17H19ClN2O4S/c1-3-9-19-25(22,23)14-7-8-16(24-2)15(11-14)20-17(21)12-5-4-6-13(18)10-12/h4-8,10-11,19H,3,9H2,1-2H3,(H,20,21). The lowest BCUT2D eigenvalue weighted by Crippen LogP contribution is -2.24. The van der Waals surface area contributed by atoms with Gasteiger partial charge in [-0.3, -0.25) is 4.79 Å². The van der Waals surface area contributed by atoms with Gasteiger partial charge in [-0.25, -0.2) is 13.1 Å². The van der Waals surface area contributed by atoms with Crippen LogP contribution in [0, 0.1) is 0 Å². The SMILES string of the molecule is CCCNS(=O)(=O)c1ccc(OC)c(NC(=O)c2cccc(Cl)c2)c1. The van der Waals surface area contributed by atoms with Crippen molar-refractivity contribution in [2.45, 2.75) is 18.2 Å². The molecule has 8 heteroatoms. The summed E-state index contributed by atoms with van der Waals surface area (Å²) in [7, 11) is -2.22. The Bertz CT molecular complexity index is 869. The Kier molecular flexibility index (Phi) is 6.41. The Hall–Kier alpha value is -2.09. The zero-order valence-corrected chi connectivity index (χ0v) is 15.4. The van der Waals surface area contributed by atoms with Gasteiger partial charge in [0.2, 0.25) is 10.0 Å². The molecule has 0 unspecified atom stereocenters. The minimum Gasteiger partial charge on any atom is -0.495 e. The third kappa shape index (κ3) is 4.94. The average molecular weight is 383 g/mol. The minimum atomic E-state index is -3.66. The van der Waals surface area contributed by atoms with E-state index in [0.29, 0.717) is 29.3 Å². The van der Waals surface area contributed by atoms with Crippen molar-refractivity contribution in [3.8, 4) is 5.75 Å². The number of carbonyl (C=O) groups is 1. The van der Waals surface area contributed by atoms with E-state index in [0.717, 1.165) is 0 Å². The molecule has 0 fully saturated rings. The molecule has 0 radical (unpaired) electrons. The first kappa shape index (κ1) is 19.2. The van der Waals surface area contributed by atoms with Gasteiger partial charge in [0.05, 0.1) is 17.7 Å². The average Bonchev–Trinajstić information content (AvgIpc) is 2.60. The summed E-state index contributed by atoms with van der Waals surface area (Å²) in [6.45, 7) is 2.20. The minimum absolute atomic E-state index is 0.0446. The molecule has 0 aromatic heterocycles. The highest BCUT2D eigenvalue weighted by molar-refractivity contribution is 7.89. The predicted octanol–water partition coefficient (Wildman–Crippen LogP) is 3.29. The number of benzene rings is 2. The number of sulfonamides is 1. The number of nitrogens with one attached hydrogen (secondary N) is 2. The van der Waals surface area contributed by atoms with Crippen LogP contribution in [-0.2, 0) is 10.0 Å². The molecule has 2 aromatic rings. The molecule has 0 saturated heterocycles. The largest absolute Gasteiger partial charge is 0.495 e. The highest BCUT2D eigenvalue weighted by atomic mass is 35.5. The number of hydrogen-bond acceptors (Lipinski definition) is 4. The van der Waals surface area contributed by atoms with E-state index in [4.69, 9.17) is 16.3 Å². The summed E-state index contributed by atoms with van der Waals surface area (Å²) in [5, 5.41) is 3.09. The summed E-state index contributed by atoms with van der Waals surface area (Å²) >= 11 is 5.89. The molecule has 0 aliphatic rings. The van der Waals surface area contributed by atoms with Crippen molar-refractivity contribution in [2.24, 2.45) is 0 Å². The second-order valence-electron chi connectivity index (χ2n) is 5.22. The monoisotopic (exact) mass is 382 g/mol. The number of methoxy groups -OCH3 is 1. The molecule has 0 aliphatic heterocycles. The second kappa shape index (κ2) is 8.33. The zero-order valence-electron chi connectivity index (χ0n) is 13.9. The van der Waals surface area contributed by atoms with Crippen LogP contribution in [0.15, 0.2) is 47.4 Å². The number of rotatable bonds is 7. The Morgan fingerprint density at radius 3 is 2.60 bits per heavy atom. The van der Waals surface area contributed by atoms with E-state index in [1.54, 1.807) is 18.2 Å². The maximum absolute atomic E-state index is 12.4. The summed E-state index contributed by atoms with van der Waals surface area (Å²) in [6, 6.07) is 10.7. The van der Waals surface area contributed by atoms with Gasteiger partial charge in [-0.15, -0.1) is 0 Å². The Morgan fingerprint density at radius 1 is 1.20 bits per heavy atom. The van der Waals surface area contributed by atoms with Crippen LogP contribution in [0.3, 0.4) is 0 Å². The van der Waals surface area contributed by atoms with E-state index < -0.39 is 15.9 Å². The predicted molar refractivity (Wildman–Crippen MR) is 97.9 cm³/mol. The number of carbonyl (C=O) groups excluding carboxylic acids is 1. The van der Waals surface area contributed by atoms with Gasteiger partial charge in [-0.05, 0) is 42.8 Å². The second-order valence-corrected chi connectivity index (χ2v) is 7.43. The van der Waals surface area contributed by atoms with Crippen molar-refractivity contribution in [1.82, 2.24) is 4.72 Å². The molecule has 0 bridgehead atoms. The van der Waals surface area contributed by atoms with Crippen LogP contribution in [0.1, 0.15) is 23.7 Å². The van der Waals surface area contributed by atoms with E-state index in [9.17, 15) is 13.2 Å². The van der Waals surface area contributed by atoms with Gasteiger partial charge < -0.3 is 10.1 Å². The smallest absolute Gasteiger partial charge is 0.255 e. The summed E-state index contributed by atoms with van der Waals surface area (Å²) in [4.78, 5) is 12.4. The van der Waals surface area contributed by atoms with Crippen LogP contribution >= 0.6 is 11.6 Å². The number of anilines is 1. The molecule has 1 amide bonds. The van der Waals surface area contributed by atoms with E-state index >= 15 is 0 Å². The van der Waals surface area contributed by atoms with Crippen LogP contribution in [-0.4, -0.2) is 28.0 Å². The summed E-state index contributed by atoms with van der Waals surface area (Å²) in [5.41, 5.74) is 0.610. The fourth-order valence-corrected chi connectivity index (χ4v) is 3.45. The zero-order chi connectivity index (χ0) is 18.4. The molecule has 0 aliphatic carbocycles. The van der Waals surface area contributed by atoms with Gasteiger partial charge in [0, 0.05) is 17.1 Å². The summed E-state index contributed by atoms with van der Waals surface area (Å²) in [6.07, 6.45) is 0.674. The first-order chi connectivity index (χ1) is 11.9. The maximum atomic E-state index is 12.4. The van der Waals surface area contributed by atoms with Crippen LogP contribution in [0.5, 0.6) is 5.75 Å². The molecular formula is C17H19ClN2O4S. The van der Waals surface area contributed by atoms with Gasteiger partial charge in [-0.1, -0.05) is 24.6 Å². The molecule has 0 atom stereocenters. The lowest BCUT2D eigenvalue weighted by Gasteiger charge is -2.13. The van der Waals surface area contributed by atoms with E-state index in [1.807, 2.05) is 6.92 Å². The van der Waals surface area contributed by atoms with Crippen LogP contribution in [0.25, 0.3) is 0 Å². The first-order valence-corrected chi connectivity index (χ1v) is 9.48. The van der Waals surface area contributed by atoms with Crippen molar-refractivity contribution in [3.05, 3.63) is 53.1 Å². The van der Waals surface area contributed by atoms with Gasteiger partial charge in [-0.2, -0.15) is 0 Å². The quantitative estimate of drug-likeness (QED) is 0.769. The molecule has 6 nitrogen and oxygen atoms in total. The summed E-state index contributed by atoms with van der Waals surface area (Å²) < 4.78 is 32.2. The van der Waals surface area contributed by atoms with Crippen molar-refractivity contribution >= 4 is 33.2 Å². The normalized spacial score (nSPS) is 11.2.